The quantitative estimate of drug-likeness (QED) is 0.657. The van der Waals surface area contributed by atoms with Crippen LogP contribution in [-0.4, -0.2) is 74.9 Å². The van der Waals surface area contributed by atoms with Gasteiger partial charge >= 0.3 is 0 Å². The van der Waals surface area contributed by atoms with Gasteiger partial charge in [0.2, 0.25) is 0 Å². The minimum absolute atomic E-state index is 0.289. The Morgan fingerprint density at radius 1 is 1.17 bits per heavy atom. The van der Waals surface area contributed by atoms with Crippen molar-refractivity contribution >= 4 is 17.3 Å². The number of morpholine rings is 2. The van der Waals surface area contributed by atoms with Gasteiger partial charge in [0.15, 0.2) is 5.96 Å². The van der Waals surface area contributed by atoms with Crippen LogP contribution in [0.2, 0.25) is 0 Å². The number of aliphatic imine (C=N–C) groups is 1. The molecule has 0 bridgehead atoms. The molecule has 128 valence electrons. The summed E-state index contributed by atoms with van der Waals surface area (Å²) in [5.41, 5.74) is 6.19. The number of aryl methyl sites for hydroxylation is 1. The summed E-state index contributed by atoms with van der Waals surface area (Å²) in [4.78, 5) is 12.0. The summed E-state index contributed by atoms with van der Waals surface area (Å²) in [7, 11) is 0. The molecule has 0 aromatic carbocycles. The van der Waals surface area contributed by atoms with E-state index in [1.807, 2.05) is 11.3 Å². The van der Waals surface area contributed by atoms with Crippen molar-refractivity contribution in [3.63, 3.8) is 0 Å². The van der Waals surface area contributed by atoms with Crippen molar-refractivity contribution in [2.75, 3.05) is 59.2 Å². The second kappa shape index (κ2) is 8.10. The lowest BCUT2D eigenvalue weighted by molar-refractivity contribution is 0.0185. The van der Waals surface area contributed by atoms with Crippen molar-refractivity contribution in [3.8, 4) is 0 Å². The smallest absolute Gasteiger partial charge is 0.191 e. The number of hydrogen-bond donors (Lipinski definition) is 1. The topological polar surface area (TPSA) is 63.3 Å². The molecule has 1 aromatic heterocycles. The van der Waals surface area contributed by atoms with E-state index in [-0.39, 0.29) is 6.04 Å². The molecule has 1 aromatic rings. The highest BCUT2D eigenvalue weighted by molar-refractivity contribution is 7.12. The molecule has 6 nitrogen and oxygen atoms in total. The molecule has 3 heterocycles. The summed E-state index contributed by atoms with van der Waals surface area (Å²) < 4.78 is 10.9. The molecule has 2 aliphatic heterocycles. The first-order valence-electron chi connectivity index (χ1n) is 8.25. The fourth-order valence-corrected chi connectivity index (χ4v) is 3.98. The van der Waals surface area contributed by atoms with Crippen molar-refractivity contribution in [1.29, 1.82) is 0 Å². The maximum atomic E-state index is 6.19. The molecule has 2 aliphatic rings. The van der Waals surface area contributed by atoms with Gasteiger partial charge in [-0.3, -0.25) is 9.89 Å². The maximum absolute atomic E-state index is 6.19. The van der Waals surface area contributed by atoms with Crippen LogP contribution in [0, 0.1) is 6.92 Å². The number of hydrogen-bond acceptors (Lipinski definition) is 5. The Morgan fingerprint density at radius 2 is 1.83 bits per heavy atom. The lowest BCUT2D eigenvalue weighted by atomic mass is 10.2. The van der Waals surface area contributed by atoms with Gasteiger partial charge in [0.1, 0.15) is 0 Å². The lowest BCUT2D eigenvalue weighted by Crippen LogP contribution is -2.45. The number of ether oxygens (including phenoxy) is 2. The normalized spacial score (nSPS) is 22.3. The van der Waals surface area contributed by atoms with Crippen molar-refractivity contribution in [1.82, 2.24) is 9.80 Å². The van der Waals surface area contributed by atoms with Crippen molar-refractivity contribution in [3.05, 3.63) is 21.9 Å². The minimum Gasteiger partial charge on any atom is -0.379 e. The van der Waals surface area contributed by atoms with E-state index in [2.05, 4.69) is 28.9 Å². The molecular formula is C16H26N4O2S. The van der Waals surface area contributed by atoms with Crippen molar-refractivity contribution in [2.24, 2.45) is 10.7 Å². The summed E-state index contributed by atoms with van der Waals surface area (Å²) >= 11 is 1.85. The van der Waals surface area contributed by atoms with Gasteiger partial charge in [0.25, 0.3) is 0 Å². The predicted molar refractivity (Wildman–Crippen MR) is 93.1 cm³/mol. The SMILES string of the molecule is Cc1ccc(C(CN=C(N)N2CCOCC2)N2CCOCC2)s1. The molecule has 0 aliphatic carbocycles. The van der Waals surface area contributed by atoms with Gasteiger partial charge in [0, 0.05) is 35.9 Å². The van der Waals surface area contributed by atoms with Crippen LogP contribution >= 0.6 is 11.3 Å². The molecule has 0 radical (unpaired) electrons. The molecule has 7 heteroatoms. The Balaban J connectivity index is 1.69. The van der Waals surface area contributed by atoms with E-state index in [1.54, 1.807) is 0 Å². The number of guanidine groups is 1. The van der Waals surface area contributed by atoms with E-state index in [1.165, 1.54) is 9.75 Å². The molecule has 0 saturated carbocycles. The molecule has 2 fully saturated rings. The first-order valence-corrected chi connectivity index (χ1v) is 9.06. The summed E-state index contributed by atoms with van der Waals surface area (Å²) in [6, 6.07) is 4.69. The molecule has 2 N–H and O–H groups in total. The molecule has 0 amide bonds. The van der Waals surface area contributed by atoms with E-state index in [0.717, 1.165) is 52.6 Å². The summed E-state index contributed by atoms with van der Waals surface area (Å²) in [6.45, 7) is 9.46. The van der Waals surface area contributed by atoms with E-state index >= 15 is 0 Å². The standard InChI is InChI=1S/C16H26N4O2S/c1-13-2-3-15(23-13)14(19-4-8-21-9-5-19)12-18-16(17)20-6-10-22-11-7-20/h2-3,14H,4-12H2,1H3,(H2,17,18). The average Bonchev–Trinajstić information content (AvgIpc) is 3.03. The highest BCUT2D eigenvalue weighted by Gasteiger charge is 2.24. The van der Waals surface area contributed by atoms with Gasteiger partial charge in [-0.25, -0.2) is 0 Å². The zero-order valence-corrected chi connectivity index (χ0v) is 14.6. The summed E-state index contributed by atoms with van der Waals surface area (Å²) in [5, 5.41) is 0. The van der Waals surface area contributed by atoms with Crippen LogP contribution in [0.1, 0.15) is 15.8 Å². The van der Waals surface area contributed by atoms with E-state index in [0.29, 0.717) is 12.5 Å². The second-order valence-electron chi connectivity index (χ2n) is 5.91. The van der Waals surface area contributed by atoms with Crippen LogP contribution in [0.5, 0.6) is 0 Å². The molecular weight excluding hydrogens is 312 g/mol. The van der Waals surface area contributed by atoms with Crippen LogP contribution in [0.15, 0.2) is 17.1 Å². The van der Waals surface area contributed by atoms with Gasteiger partial charge in [0.05, 0.1) is 39.0 Å². The van der Waals surface area contributed by atoms with Crippen LogP contribution in [0.25, 0.3) is 0 Å². The second-order valence-corrected chi connectivity index (χ2v) is 7.23. The zero-order valence-electron chi connectivity index (χ0n) is 13.7. The minimum atomic E-state index is 0.289. The molecule has 0 spiro atoms. The van der Waals surface area contributed by atoms with Crippen LogP contribution in [0.3, 0.4) is 0 Å². The van der Waals surface area contributed by atoms with Crippen LogP contribution in [-0.2, 0) is 9.47 Å². The van der Waals surface area contributed by atoms with Crippen molar-refractivity contribution in [2.45, 2.75) is 13.0 Å². The van der Waals surface area contributed by atoms with Gasteiger partial charge in [-0.05, 0) is 19.1 Å². The zero-order chi connectivity index (χ0) is 16.1. The number of nitrogens with two attached hydrogens (primary N) is 1. The third-order valence-electron chi connectivity index (χ3n) is 4.34. The Kier molecular flexibility index (Phi) is 5.88. The monoisotopic (exact) mass is 338 g/mol. The Bertz CT molecular complexity index is 522. The molecule has 2 saturated heterocycles. The highest BCUT2D eigenvalue weighted by Crippen LogP contribution is 2.28. The molecule has 23 heavy (non-hydrogen) atoms. The number of rotatable bonds is 4. The third-order valence-corrected chi connectivity index (χ3v) is 5.44. The highest BCUT2D eigenvalue weighted by atomic mass is 32.1. The van der Waals surface area contributed by atoms with Crippen LogP contribution in [0.4, 0.5) is 0 Å². The molecule has 3 rings (SSSR count). The lowest BCUT2D eigenvalue weighted by Gasteiger charge is -2.33. The average molecular weight is 338 g/mol. The van der Waals surface area contributed by atoms with Crippen LogP contribution < -0.4 is 5.73 Å². The largest absolute Gasteiger partial charge is 0.379 e. The summed E-state index contributed by atoms with van der Waals surface area (Å²) in [6.07, 6.45) is 0. The van der Waals surface area contributed by atoms with Gasteiger partial charge in [-0.2, -0.15) is 0 Å². The third kappa shape index (κ3) is 4.44. The molecule has 1 unspecified atom stereocenters. The maximum Gasteiger partial charge on any atom is 0.191 e. The summed E-state index contributed by atoms with van der Waals surface area (Å²) in [5.74, 6) is 0.639. The molecule has 1 atom stereocenters. The first kappa shape index (κ1) is 16.7. The Labute approximate surface area is 141 Å². The van der Waals surface area contributed by atoms with E-state index < -0.39 is 0 Å². The Morgan fingerprint density at radius 3 is 2.43 bits per heavy atom. The van der Waals surface area contributed by atoms with E-state index in [4.69, 9.17) is 20.2 Å². The van der Waals surface area contributed by atoms with Gasteiger partial charge in [-0.1, -0.05) is 0 Å². The van der Waals surface area contributed by atoms with E-state index in [9.17, 15) is 0 Å². The number of thiophene rings is 1. The fraction of sp³-hybridized carbons (Fsp3) is 0.688. The van der Waals surface area contributed by atoms with Gasteiger partial charge in [-0.15, -0.1) is 11.3 Å². The first-order chi connectivity index (χ1) is 11.2. The predicted octanol–water partition coefficient (Wildman–Crippen LogP) is 1.08. The van der Waals surface area contributed by atoms with Crippen molar-refractivity contribution < 1.29 is 9.47 Å². The Hall–Kier alpha value is -1.15. The number of nitrogens with zero attached hydrogens (tertiary/aromatic N) is 3. The fourth-order valence-electron chi connectivity index (χ4n) is 2.98. The van der Waals surface area contributed by atoms with Gasteiger partial charge < -0.3 is 20.1 Å².